The molecular formula is C15H18N2O. The van der Waals surface area contributed by atoms with Crippen molar-refractivity contribution in [3.05, 3.63) is 36.2 Å². The average Bonchev–Trinajstić information content (AvgIpc) is 2.44. The van der Waals surface area contributed by atoms with Crippen molar-refractivity contribution in [1.82, 2.24) is 9.97 Å². The number of hydrogen-bond donors (Lipinski definition) is 0. The summed E-state index contributed by atoms with van der Waals surface area (Å²) in [5.41, 5.74) is 2.36. The molecule has 2 rings (SSSR count). The zero-order valence-electron chi connectivity index (χ0n) is 10.9. The second kappa shape index (κ2) is 5.71. The summed E-state index contributed by atoms with van der Waals surface area (Å²) in [5, 5.41) is 0. The van der Waals surface area contributed by atoms with Crippen LogP contribution in [0.25, 0.3) is 11.0 Å². The summed E-state index contributed by atoms with van der Waals surface area (Å²) >= 11 is 0. The largest absolute Gasteiger partial charge is 0.294 e. The minimum absolute atomic E-state index is 0.205. The Morgan fingerprint density at radius 3 is 2.44 bits per heavy atom. The zero-order chi connectivity index (χ0) is 13.0. The van der Waals surface area contributed by atoms with E-state index < -0.39 is 0 Å². The van der Waals surface area contributed by atoms with E-state index in [4.69, 9.17) is 0 Å². The van der Waals surface area contributed by atoms with Gasteiger partial charge in [0.2, 0.25) is 0 Å². The summed E-state index contributed by atoms with van der Waals surface area (Å²) in [6.45, 7) is 4.26. The first-order valence-electron chi connectivity index (χ1n) is 6.48. The van der Waals surface area contributed by atoms with E-state index in [0.29, 0.717) is 12.3 Å². The highest BCUT2D eigenvalue weighted by atomic mass is 16.1. The summed E-state index contributed by atoms with van der Waals surface area (Å²) in [6, 6.07) is 5.55. The first kappa shape index (κ1) is 12.7. The first-order valence-corrected chi connectivity index (χ1v) is 6.48. The minimum Gasteiger partial charge on any atom is -0.294 e. The third-order valence-corrected chi connectivity index (χ3v) is 3.42. The molecule has 0 N–H and O–H groups in total. The van der Waals surface area contributed by atoms with Crippen molar-refractivity contribution in [2.24, 2.45) is 5.92 Å². The maximum absolute atomic E-state index is 12.2. The van der Waals surface area contributed by atoms with Gasteiger partial charge >= 0.3 is 0 Å². The Morgan fingerprint density at radius 1 is 1.11 bits per heavy atom. The Kier molecular flexibility index (Phi) is 4.03. The van der Waals surface area contributed by atoms with Crippen LogP contribution in [0.3, 0.4) is 0 Å². The third-order valence-electron chi connectivity index (χ3n) is 3.42. The number of ketones is 1. The number of aromatic nitrogens is 2. The molecule has 2 aromatic rings. The maximum atomic E-state index is 12.2. The highest BCUT2D eigenvalue weighted by Crippen LogP contribution is 2.18. The van der Waals surface area contributed by atoms with Gasteiger partial charge in [-0.2, -0.15) is 0 Å². The monoisotopic (exact) mass is 242 g/mol. The van der Waals surface area contributed by atoms with Crippen LogP contribution < -0.4 is 0 Å². The summed E-state index contributed by atoms with van der Waals surface area (Å²) in [4.78, 5) is 20.6. The molecule has 94 valence electrons. The molecule has 3 heteroatoms. The standard InChI is InChI=1S/C15H18N2O/c1-3-11(4-2)9-15(18)12-5-6-13-14(10-12)17-8-7-16-13/h5-8,10-11H,3-4,9H2,1-2H3. The van der Waals surface area contributed by atoms with Crippen LogP contribution in [0.4, 0.5) is 0 Å². The van der Waals surface area contributed by atoms with Crippen LogP contribution in [0.5, 0.6) is 0 Å². The number of Topliss-reactive ketones (excluding diaryl/α,β-unsaturated/α-hetero) is 1. The van der Waals surface area contributed by atoms with Crippen molar-refractivity contribution >= 4 is 16.8 Å². The lowest BCUT2D eigenvalue weighted by Gasteiger charge is -2.10. The number of fused-ring (bicyclic) bond motifs is 1. The van der Waals surface area contributed by atoms with E-state index in [9.17, 15) is 4.79 Å². The molecule has 0 fully saturated rings. The normalized spacial score (nSPS) is 11.1. The summed E-state index contributed by atoms with van der Waals surface area (Å²) in [6.07, 6.45) is 6.04. The van der Waals surface area contributed by atoms with Gasteiger partial charge in [0, 0.05) is 24.4 Å². The molecule has 0 aliphatic carbocycles. The molecule has 0 bridgehead atoms. The molecule has 0 saturated carbocycles. The van der Waals surface area contributed by atoms with Gasteiger partial charge < -0.3 is 0 Å². The van der Waals surface area contributed by atoms with Gasteiger partial charge in [0.05, 0.1) is 11.0 Å². The highest BCUT2D eigenvalue weighted by molar-refractivity contribution is 5.98. The SMILES string of the molecule is CCC(CC)CC(=O)c1ccc2nccnc2c1. The van der Waals surface area contributed by atoms with Crippen LogP contribution in [0.2, 0.25) is 0 Å². The van der Waals surface area contributed by atoms with Gasteiger partial charge in [-0.05, 0) is 24.1 Å². The average molecular weight is 242 g/mol. The van der Waals surface area contributed by atoms with Gasteiger partial charge in [-0.1, -0.05) is 26.7 Å². The van der Waals surface area contributed by atoms with Crippen molar-refractivity contribution in [2.45, 2.75) is 33.1 Å². The number of nitrogens with zero attached hydrogens (tertiary/aromatic N) is 2. The molecule has 1 heterocycles. The van der Waals surface area contributed by atoms with E-state index >= 15 is 0 Å². The lowest BCUT2D eigenvalue weighted by atomic mass is 9.94. The molecule has 3 nitrogen and oxygen atoms in total. The van der Waals surface area contributed by atoms with Crippen molar-refractivity contribution in [3.8, 4) is 0 Å². The van der Waals surface area contributed by atoms with Crippen molar-refractivity contribution < 1.29 is 4.79 Å². The molecule has 1 aromatic heterocycles. The number of hydrogen-bond acceptors (Lipinski definition) is 3. The Bertz CT molecular complexity index is 547. The predicted molar refractivity (Wildman–Crippen MR) is 72.6 cm³/mol. The van der Waals surface area contributed by atoms with Gasteiger partial charge in [0.25, 0.3) is 0 Å². The summed E-state index contributed by atoms with van der Waals surface area (Å²) in [7, 11) is 0. The van der Waals surface area contributed by atoms with E-state index in [-0.39, 0.29) is 5.78 Å². The fourth-order valence-electron chi connectivity index (χ4n) is 2.09. The second-order valence-electron chi connectivity index (χ2n) is 4.57. The lowest BCUT2D eigenvalue weighted by molar-refractivity contribution is 0.0959. The van der Waals surface area contributed by atoms with Crippen LogP contribution in [0.15, 0.2) is 30.6 Å². The first-order chi connectivity index (χ1) is 8.74. The maximum Gasteiger partial charge on any atom is 0.163 e. The van der Waals surface area contributed by atoms with Gasteiger partial charge in [0.1, 0.15) is 0 Å². The van der Waals surface area contributed by atoms with Crippen LogP contribution >= 0.6 is 0 Å². The topological polar surface area (TPSA) is 42.9 Å². The minimum atomic E-state index is 0.205. The van der Waals surface area contributed by atoms with Crippen LogP contribution in [-0.2, 0) is 0 Å². The quantitative estimate of drug-likeness (QED) is 0.752. The van der Waals surface area contributed by atoms with E-state index in [1.54, 1.807) is 12.4 Å². The Balaban J connectivity index is 2.22. The number of rotatable bonds is 5. The molecule has 0 atom stereocenters. The zero-order valence-corrected chi connectivity index (χ0v) is 10.9. The molecule has 1 aromatic carbocycles. The van der Waals surface area contributed by atoms with Gasteiger partial charge in [0.15, 0.2) is 5.78 Å². The van der Waals surface area contributed by atoms with Crippen LogP contribution in [-0.4, -0.2) is 15.8 Å². The highest BCUT2D eigenvalue weighted by Gasteiger charge is 2.12. The molecular weight excluding hydrogens is 224 g/mol. The van der Waals surface area contributed by atoms with Gasteiger partial charge in [-0.15, -0.1) is 0 Å². The third kappa shape index (κ3) is 2.73. The lowest BCUT2D eigenvalue weighted by Crippen LogP contribution is -2.07. The number of carbonyl (C=O) groups excluding carboxylic acids is 1. The predicted octanol–water partition coefficient (Wildman–Crippen LogP) is 3.64. The van der Waals surface area contributed by atoms with E-state index in [0.717, 1.165) is 29.4 Å². The smallest absolute Gasteiger partial charge is 0.163 e. The van der Waals surface area contributed by atoms with Crippen molar-refractivity contribution in [2.75, 3.05) is 0 Å². The molecule has 0 unspecified atom stereocenters. The Morgan fingerprint density at radius 2 is 1.78 bits per heavy atom. The van der Waals surface area contributed by atoms with Crippen molar-refractivity contribution in [3.63, 3.8) is 0 Å². The Labute approximate surface area is 107 Å². The van der Waals surface area contributed by atoms with Crippen LogP contribution in [0, 0.1) is 5.92 Å². The summed E-state index contributed by atoms with van der Waals surface area (Å²) in [5.74, 6) is 0.686. The number of carbonyl (C=O) groups is 1. The van der Waals surface area contributed by atoms with Crippen LogP contribution in [0.1, 0.15) is 43.5 Å². The fraction of sp³-hybridized carbons (Fsp3) is 0.400. The molecule has 18 heavy (non-hydrogen) atoms. The molecule has 0 aliphatic rings. The molecule has 0 spiro atoms. The van der Waals surface area contributed by atoms with Crippen molar-refractivity contribution in [1.29, 1.82) is 0 Å². The van der Waals surface area contributed by atoms with E-state index in [1.807, 2.05) is 18.2 Å². The molecule has 0 saturated heterocycles. The van der Waals surface area contributed by atoms with Gasteiger partial charge in [-0.3, -0.25) is 14.8 Å². The molecule has 0 amide bonds. The molecule has 0 radical (unpaired) electrons. The summed E-state index contributed by atoms with van der Waals surface area (Å²) < 4.78 is 0. The van der Waals surface area contributed by atoms with E-state index in [1.165, 1.54) is 0 Å². The number of benzene rings is 1. The molecule has 0 aliphatic heterocycles. The van der Waals surface area contributed by atoms with E-state index in [2.05, 4.69) is 23.8 Å². The Hall–Kier alpha value is -1.77. The van der Waals surface area contributed by atoms with Gasteiger partial charge in [-0.25, -0.2) is 0 Å². The second-order valence-corrected chi connectivity index (χ2v) is 4.57. The fourth-order valence-corrected chi connectivity index (χ4v) is 2.09.